The second-order valence-corrected chi connectivity index (χ2v) is 9.28. The van der Waals surface area contributed by atoms with E-state index in [0.717, 1.165) is 51.6 Å². The standard InChI is InChI=1S/C29H28N4O/c1-18-3-6-21(7-4-18)24-15-28-26(14-25(24)23-8-5-20(16-30)13-19(23)2)27(17-32-28)29(34)33-11-9-22(31)10-12-33/h3-8,13-15,17,22,32H,9-12,31H2,1-2H3. The quantitative estimate of drug-likeness (QED) is 0.431. The molecule has 1 saturated heterocycles. The molecule has 0 bridgehead atoms. The van der Waals surface area contributed by atoms with Crippen LogP contribution in [0.3, 0.4) is 0 Å². The summed E-state index contributed by atoms with van der Waals surface area (Å²) in [6, 6.07) is 20.9. The number of nitrogens with zero attached hydrogens (tertiary/aromatic N) is 2. The second-order valence-electron chi connectivity index (χ2n) is 9.28. The fourth-order valence-corrected chi connectivity index (χ4v) is 4.85. The van der Waals surface area contributed by atoms with Gasteiger partial charge in [0.2, 0.25) is 0 Å². The van der Waals surface area contributed by atoms with E-state index in [1.54, 1.807) is 0 Å². The molecule has 5 rings (SSSR count). The van der Waals surface area contributed by atoms with Crippen molar-refractivity contribution in [2.75, 3.05) is 13.1 Å². The Hall–Kier alpha value is -3.88. The van der Waals surface area contributed by atoms with Crippen LogP contribution in [-0.2, 0) is 0 Å². The summed E-state index contributed by atoms with van der Waals surface area (Å²) >= 11 is 0. The lowest BCUT2D eigenvalue weighted by Crippen LogP contribution is -2.42. The number of likely N-dealkylation sites (tertiary alicyclic amines) is 1. The summed E-state index contributed by atoms with van der Waals surface area (Å²) in [4.78, 5) is 18.6. The number of aromatic nitrogens is 1. The van der Waals surface area contributed by atoms with Gasteiger partial charge in [0, 0.05) is 36.2 Å². The molecule has 0 aliphatic carbocycles. The molecule has 3 N–H and O–H groups in total. The molecule has 4 aromatic rings. The van der Waals surface area contributed by atoms with Crippen molar-refractivity contribution in [1.29, 1.82) is 5.26 Å². The Balaban J connectivity index is 1.67. The van der Waals surface area contributed by atoms with Crippen molar-refractivity contribution in [1.82, 2.24) is 9.88 Å². The van der Waals surface area contributed by atoms with Crippen molar-refractivity contribution in [3.05, 3.63) is 83.0 Å². The summed E-state index contributed by atoms with van der Waals surface area (Å²) in [5, 5.41) is 10.2. The maximum absolute atomic E-state index is 13.4. The van der Waals surface area contributed by atoms with E-state index in [0.29, 0.717) is 24.2 Å². The first-order valence-electron chi connectivity index (χ1n) is 11.7. The molecule has 1 amide bonds. The predicted octanol–water partition coefficient (Wildman–Crippen LogP) is 5.55. The first-order valence-corrected chi connectivity index (χ1v) is 11.7. The highest BCUT2D eigenvalue weighted by molar-refractivity contribution is 6.09. The van der Waals surface area contributed by atoms with Gasteiger partial charge in [0.05, 0.1) is 17.2 Å². The number of amides is 1. The third-order valence-corrected chi connectivity index (χ3v) is 6.89. The third kappa shape index (κ3) is 3.98. The number of hydrogen-bond donors (Lipinski definition) is 2. The van der Waals surface area contributed by atoms with Gasteiger partial charge < -0.3 is 15.6 Å². The van der Waals surface area contributed by atoms with Gasteiger partial charge in [-0.15, -0.1) is 0 Å². The number of fused-ring (bicyclic) bond motifs is 1. The van der Waals surface area contributed by atoms with Gasteiger partial charge in [-0.1, -0.05) is 35.9 Å². The Morgan fingerprint density at radius 2 is 1.74 bits per heavy atom. The molecule has 0 unspecified atom stereocenters. The number of aryl methyl sites for hydroxylation is 2. The smallest absolute Gasteiger partial charge is 0.256 e. The van der Waals surface area contributed by atoms with Crippen molar-refractivity contribution < 1.29 is 4.79 Å². The summed E-state index contributed by atoms with van der Waals surface area (Å²) in [6.07, 6.45) is 3.50. The zero-order chi connectivity index (χ0) is 23.8. The van der Waals surface area contributed by atoms with Crippen LogP contribution < -0.4 is 5.73 Å². The highest BCUT2D eigenvalue weighted by atomic mass is 16.2. The molecule has 1 fully saturated rings. The molecule has 34 heavy (non-hydrogen) atoms. The van der Waals surface area contributed by atoms with Crippen LogP contribution in [-0.4, -0.2) is 34.9 Å². The minimum absolute atomic E-state index is 0.0451. The first kappa shape index (κ1) is 21.9. The van der Waals surface area contributed by atoms with Crippen LogP contribution in [0.4, 0.5) is 0 Å². The van der Waals surface area contributed by atoms with E-state index in [2.05, 4.69) is 54.4 Å². The molecular formula is C29H28N4O. The maximum atomic E-state index is 13.4. The van der Waals surface area contributed by atoms with E-state index >= 15 is 0 Å². The zero-order valence-corrected chi connectivity index (χ0v) is 19.6. The van der Waals surface area contributed by atoms with Gasteiger partial charge in [0.25, 0.3) is 5.91 Å². The van der Waals surface area contributed by atoms with Gasteiger partial charge >= 0.3 is 0 Å². The lowest BCUT2D eigenvalue weighted by atomic mass is 9.89. The minimum Gasteiger partial charge on any atom is -0.360 e. The molecule has 2 heterocycles. The average molecular weight is 449 g/mol. The Morgan fingerprint density at radius 3 is 2.41 bits per heavy atom. The number of H-pyrrole nitrogens is 1. The number of nitrogens with one attached hydrogen (secondary N) is 1. The topological polar surface area (TPSA) is 85.9 Å². The third-order valence-electron chi connectivity index (χ3n) is 6.89. The number of benzene rings is 3. The summed E-state index contributed by atoms with van der Waals surface area (Å²) < 4.78 is 0. The number of piperidine rings is 1. The Bertz CT molecular complexity index is 1420. The van der Waals surface area contributed by atoms with Crippen molar-refractivity contribution >= 4 is 16.8 Å². The normalized spacial score (nSPS) is 14.4. The van der Waals surface area contributed by atoms with E-state index in [-0.39, 0.29) is 11.9 Å². The molecule has 0 atom stereocenters. The van der Waals surface area contributed by atoms with Crippen LogP contribution in [0.25, 0.3) is 33.2 Å². The number of carbonyl (C=O) groups excluding carboxylic acids is 1. The van der Waals surface area contributed by atoms with E-state index in [1.807, 2.05) is 36.2 Å². The number of nitriles is 1. The molecular weight excluding hydrogens is 420 g/mol. The zero-order valence-electron chi connectivity index (χ0n) is 19.6. The van der Waals surface area contributed by atoms with Gasteiger partial charge in [0.15, 0.2) is 0 Å². The molecule has 5 nitrogen and oxygen atoms in total. The number of carbonyl (C=O) groups is 1. The van der Waals surface area contributed by atoms with Crippen LogP contribution in [0, 0.1) is 25.2 Å². The predicted molar refractivity (Wildman–Crippen MR) is 136 cm³/mol. The summed E-state index contributed by atoms with van der Waals surface area (Å²) in [5.41, 5.74) is 14.8. The van der Waals surface area contributed by atoms with Gasteiger partial charge in [0.1, 0.15) is 0 Å². The molecule has 0 radical (unpaired) electrons. The van der Waals surface area contributed by atoms with E-state index in [9.17, 15) is 10.1 Å². The lowest BCUT2D eigenvalue weighted by molar-refractivity contribution is 0.0717. The molecule has 0 spiro atoms. The van der Waals surface area contributed by atoms with Crippen LogP contribution in [0.2, 0.25) is 0 Å². The highest BCUT2D eigenvalue weighted by Crippen LogP contribution is 2.38. The van der Waals surface area contributed by atoms with Crippen molar-refractivity contribution in [2.24, 2.45) is 5.73 Å². The maximum Gasteiger partial charge on any atom is 0.256 e. The van der Waals surface area contributed by atoms with Gasteiger partial charge in [-0.05, 0) is 78.8 Å². The van der Waals surface area contributed by atoms with Crippen molar-refractivity contribution in [3.8, 4) is 28.3 Å². The molecule has 1 aliphatic rings. The second kappa shape index (κ2) is 8.81. The van der Waals surface area contributed by atoms with Crippen molar-refractivity contribution in [3.63, 3.8) is 0 Å². The monoisotopic (exact) mass is 448 g/mol. The Kier molecular flexibility index (Phi) is 5.69. The minimum atomic E-state index is 0.0451. The van der Waals surface area contributed by atoms with Gasteiger partial charge in [-0.3, -0.25) is 4.79 Å². The Morgan fingerprint density at radius 1 is 1.00 bits per heavy atom. The molecule has 170 valence electrons. The van der Waals surface area contributed by atoms with Crippen molar-refractivity contribution in [2.45, 2.75) is 32.7 Å². The summed E-state index contributed by atoms with van der Waals surface area (Å²) in [7, 11) is 0. The fourth-order valence-electron chi connectivity index (χ4n) is 4.85. The molecule has 1 aliphatic heterocycles. The first-order chi connectivity index (χ1) is 16.4. The molecule has 1 aromatic heterocycles. The summed E-state index contributed by atoms with van der Waals surface area (Å²) in [5.74, 6) is 0.0451. The van der Waals surface area contributed by atoms with E-state index in [1.165, 1.54) is 5.56 Å². The largest absolute Gasteiger partial charge is 0.360 e. The highest BCUT2D eigenvalue weighted by Gasteiger charge is 2.24. The van der Waals surface area contributed by atoms with Crippen LogP contribution in [0.1, 0.15) is 39.9 Å². The number of aromatic amines is 1. The van der Waals surface area contributed by atoms with Crippen LogP contribution in [0.5, 0.6) is 0 Å². The van der Waals surface area contributed by atoms with Crippen LogP contribution in [0.15, 0.2) is 60.8 Å². The molecule has 5 heteroatoms. The molecule has 0 saturated carbocycles. The van der Waals surface area contributed by atoms with E-state index < -0.39 is 0 Å². The average Bonchev–Trinajstić information content (AvgIpc) is 3.26. The summed E-state index contributed by atoms with van der Waals surface area (Å²) in [6.45, 7) is 5.49. The van der Waals surface area contributed by atoms with E-state index in [4.69, 9.17) is 5.73 Å². The van der Waals surface area contributed by atoms with Crippen LogP contribution >= 0.6 is 0 Å². The number of nitrogens with two attached hydrogens (primary N) is 1. The number of hydrogen-bond acceptors (Lipinski definition) is 3. The Labute approximate surface area is 199 Å². The van der Waals surface area contributed by atoms with Gasteiger partial charge in [-0.25, -0.2) is 0 Å². The fraction of sp³-hybridized carbons (Fsp3) is 0.241. The number of rotatable bonds is 3. The molecule has 3 aromatic carbocycles. The van der Waals surface area contributed by atoms with Gasteiger partial charge in [-0.2, -0.15) is 5.26 Å². The lowest BCUT2D eigenvalue weighted by Gasteiger charge is -2.30. The SMILES string of the molecule is Cc1ccc(-c2cc3[nH]cc(C(=O)N4CCC(N)CC4)c3cc2-c2ccc(C#N)cc2C)cc1.